The molecule has 1 heterocycles. The van der Waals surface area contributed by atoms with Crippen LogP contribution in [-0.4, -0.2) is 128 Å². The molecule has 1 fully saturated rings. The van der Waals surface area contributed by atoms with E-state index in [1.165, 1.54) is 4.74 Å². The molecule has 0 aromatic rings. The van der Waals surface area contributed by atoms with Gasteiger partial charge in [0.15, 0.2) is 0 Å². The van der Waals surface area contributed by atoms with Crippen LogP contribution in [0.3, 0.4) is 0 Å². The minimum Gasteiger partial charge on any atom is -0.332 e. The second kappa shape index (κ2) is 9.45. The molecule has 1 N–H and O–H groups in total. The van der Waals surface area contributed by atoms with E-state index in [0.29, 0.717) is 0 Å². The predicted octanol–water partition coefficient (Wildman–Crippen LogP) is 6.13. The van der Waals surface area contributed by atoms with Gasteiger partial charge in [0.25, 0.3) is 0 Å². The number of ether oxygens (including phenoxy) is 2. The van der Waals surface area contributed by atoms with Gasteiger partial charge < -0.3 is 5.11 Å². The average Bonchev–Trinajstić information content (AvgIpc) is 2.87. The molecule has 1 aliphatic rings. The molecule has 1 rings (SSSR count). The van der Waals surface area contributed by atoms with Crippen LogP contribution in [-0.2, 0) is 9.47 Å². The Bertz CT molecular complexity index is 917. The standard InChI is InChI=1S/C12HF23O3.K/c13-1(14,5(21,22)9(26,27)28)3(17,18)7(25)12(34,35)38-8(37-7,11(32,33)36)4(19,20)2(15,16)6(23,24)10(29,30)31;/h36H;. The fourth-order valence-electron chi connectivity index (χ4n) is 2.37. The molecule has 3 nitrogen and oxygen atoms in total. The molecule has 27 heteroatoms. The van der Waals surface area contributed by atoms with Crippen molar-refractivity contribution in [2.45, 2.75) is 71.7 Å². The number of alkyl halides is 23. The Morgan fingerprint density at radius 2 is 0.718 bits per heavy atom. The van der Waals surface area contributed by atoms with Gasteiger partial charge in [-0.05, 0) is 0 Å². The van der Waals surface area contributed by atoms with Crippen LogP contribution in [0.25, 0.3) is 0 Å². The Morgan fingerprint density at radius 3 is 0.974 bits per heavy atom. The molecule has 0 amide bonds. The van der Waals surface area contributed by atoms with Crippen molar-refractivity contribution in [1.29, 1.82) is 0 Å². The van der Waals surface area contributed by atoms with E-state index < -0.39 is 71.7 Å². The van der Waals surface area contributed by atoms with Crippen molar-refractivity contribution in [2.24, 2.45) is 0 Å². The maximum atomic E-state index is 14.3. The largest absolute Gasteiger partial charge is 0.460 e. The average molecular weight is 669 g/mol. The molecule has 0 bridgehead atoms. The van der Waals surface area contributed by atoms with Gasteiger partial charge in [-0.15, -0.1) is 0 Å². The third kappa shape index (κ3) is 4.71. The minimum absolute atomic E-state index is 0. The summed E-state index contributed by atoms with van der Waals surface area (Å²) in [7, 11) is 0. The van der Waals surface area contributed by atoms with Gasteiger partial charge >= 0.3 is 71.7 Å². The summed E-state index contributed by atoms with van der Waals surface area (Å²) in [5.41, 5.74) is 0. The van der Waals surface area contributed by atoms with Crippen molar-refractivity contribution in [3.8, 4) is 0 Å². The molecule has 2 atom stereocenters. The molecule has 0 saturated carbocycles. The summed E-state index contributed by atoms with van der Waals surface area (Å²) in [4.78, 5) is 0. The number of aliphatic hydroxyl groups is 1. The first kappa shape index (κ1) is 38.9. The maximum Gasteiger partial charge on any atom is 0.460 e. The number of hydrogen-bond donors (Lipinski definition) is 1. The summed E-state index contributed by atoms with van der Waals surface area (Å²) in [5.74, 6) is -68.9. The monoisotopic (exact) mass is 669 g/mol. The molecular formula is C12HF23KO3. The van der Waals surface area contributed by atoms with E-state index in [-0.39, 0.29) is 51.4 Å². The molecule has 39 heavy (non-hydrogen) atoms. The summed E-state index contributed by atoms with van der Waals surface area (Å²) in [6.45, 7) is 0. The Kier molecular flexibility index (Phi) is 9.43. The van der Waals surface area contributed by atoms with E-state index in [0.717, 1.165) is 0 Å². The first-order chi connectivity index (χ1) is 15.9. The number of hydrogen-bond acceptors (Lipinski definition) is 3. The van der Waals surface area contributed by atoms with Crippen LogP contribution in [0.5, 0.6) is 0 Å². The second-order valence-electron chi connectivity index (χ2n) is 6.92. The van der Waals surface area contributed by atoms with Crippen molar-refractivity contribution in [3.63, 3.8) is 0 Å². The summed E-state index contributed by atoms with van der Waals surface area (Å²) in [6, 6.07) is 0. The SMILES string of the molecule is OC(F)(F)C1(C(F)(F)C(F)(F)C(F)(F)C(F)(F)F)OC(F)(F)C(F)(C(F)(F)C(F)(F)C(F)(F)C(F)(F)F)O1.[K]. The molecule has 0 aromatic carbocycles. The van der Waals surface area contributed by atoms with Gasteiger partial charge in [-0.2, -0.15) is 101 Å². The van der Waals surface area contributed by atoms with Gasteiger partial charge in [0.05, 0.1) is 0 Å². The number of halogens is 23. The van der Waals surface area contributed by atoms with E-state index in [2.05, 4.69) is 0 Å². The van der Waals surface area contributed by atoms with Gasteiger partial charge in [-0.1, -0.05) is 0 Å². The van der Waals surface area contributed by atoms with Crippen LogP contribution in [0.1, 0.15) is 0 Å². The van der Waals surface area contributed by atoms with E-state index in [1.807, 2.05) is 0 Å². The smallest absolute Gasteiger partial charge is 0.332 e. The Labute approximate surface area is 237 Å². The zero-order valence-electron chi connectivity index (χ0n) is 17.0. The van der Waals surface area contributed by atoms with Gasteiger partial charge in [0.2, 0.25) is 0 Å². The van der Waals surface area contributed by atoms with Crippen molar-refractivity contribution in [2.75, 3.05) is 0 Å². The van der Waals surface area contributed by atoms with E-state index in [4.69, 9.17) is 5.11 Å². The van der Waals surface area contributed by atoms with Crippen LogP contribution in [0, 0.1) is 0 Å². The van der Waals surface area contributed by atoms with Crippen molar-refractivity contribution >= 4 is 51.4 Å². The molecule has 229 valence electrons. The quantitative estimate of drug-likeness (QED) is 0.262. The minimum atomic E-state index is -8.88. The van der Waals surface area contributed by atoms with Gasteiger partial charge in [-0.25, -0.2) is 0 Å². The Hall–Kier alpha value is -0.0936. The maximum absolute atomic E-state index is 14.3. The molecule has 0 aliphatic carbocycles. The fourth-order valence-corrected chi connectivity index (χ4v) is 2.37. The third-order valence-electron chi connectivity index (χ3n) is 4.43. The predicted molar refractivity (Wildman–Crippen MR) is 68.4 cm³/mol. The topological polar surface area (TPSA) is 38.7 Å². The van der Waals surface area contributed by atoms with Gasteiger partial charge in [0.1, 0.15) is 0 Å². The number of rotatable bonds is 7. The zero-order valence-corrected chi connectivity index (χ0v) is 20.1. The first-order valence-electron chi connectivity index (χ1n) is 7.89. The van der Waals surface area contributed by atoms with Crippen LogP contribution in [0.2, 0.25) is 0 Å². The zero-order chi connectivity index (χ0) is 31.4. The van der Waals surface area contributed by atoms with E-state index >= 15 is 0 Å². The third-order valence-corrected chi connectivity index (χ3v) is 4.43. The normalized spacial score (nSPS) is 26.5. The summed E-state index contributed by atoms with van der Waals surface area (Å²) >= 11 is 0. The molecule has 1 aliphatic heterocycles. The van der Waals surface area contributed by atoms with Crippen molar-refractivity contribution in [3.05, 3.63) is 0 Å². The molecule has 2 unspecified atom stereocenters. The van der Waals surface area contributed by atoms with Crippen molar-refractivity contribution in [1.82, 2.24) is 0 Å². The van der Waals surface area contributed by atoms with Gasteiger partial charge in [0, 0.05) is 51.4 Å². The Balaban J connectivity index is 0.0000144. The molecule has 1 saturated heterocycles. The van der Waals surface area contributed by atoms with E-state index in [1.54, 1.807) is 4.74 Å². The fraction of sp³-hybridized carbons (Fsp3) is 1.00. The van der Waals surface area contributed by atoms with Gasteiger partial charge in [-0.3, -0.25) is 9.47 Å². The van der Waals surface area contributed by atoms with Crippen molar-refractivity contribution < 1.29 is 116 Å². The molecular weight excluding hydrogens is 668 g/mol. The van der Waals surface area contributed by atoms with Crippen LogP contribution >= 0.6 is 0 Å². The summed E-state index contributed by atoms with van der Waals surface area (Å²) < 4.78 is 305. The van der Waals surface area contributed by atoms with Crippen LogP contribution in [0.4, 0.5) is 101 Å². The van der Waals surface area contributed by atoms with Crippen LogP contribution in [0.15, 0.2) is 0 Å². The molecule has 0 aromatic heterocycles. The van der Waals surface area contributed by atoms with Crippen LogP contribution < -0.4 is 0 Å². The molecule has 0 spiro atoms. The summed E-state index contributed by atoms with van der Waals surface area (Å²) in [5, 5.41) is 8.17. The first-order valence-corrected chi connectivity index (χ1v) is 7.89. The Morgan fingerprint density at radius 1 is 0.436 bits per heavy atom. The second-order valence-corrected chi connectivity index (χ2v) is 6.92. The molecule has 1 radical (unpaired) electrons. The van der Waals surface area contributed by atoms with E-state index in [9.17, 15) is 101 Å². The summed E-state index contributed by atoms with van der Waals surface area (Å²) in [6.07, 6.45) is -32.1.